The Morgan fingerprint density at radius 2 is 1.59 bits per heavy atom. The molecule has 5 nitrogen and oxygen atoms in total. The molecule has 1 aliphatic heterocycles. The van der Waals surface area contributed by atoms with Crippen LogP contribution < -0.4 is 10.2 Å². The van der Waals surface area contributed by atoms with Gasteiger partial charge >= 0.3 is 18.3 Å². The minimum Gasteiger partial charge on any atom is -0.475 e. The van der Waals surface area contributed by atoms with E-state index in [0.717, 1.165) is 43.8 Å². The summed E-state index contributed by atoms with van der Waals surface area (Å²) < 4.78 is 70.7. The maximum absolute atomic E-state index is 13.0. The van der Waals surface area contributed by atoms with Gasteiger partial charge in [-0.3, -0.25) is 4.79 Å². The van der Waals surface area contributed by atoms with Crippen LogP contribution in [-0.4, -0.2) is 36.2 Å². The van der Waals surface area contributed by atoms with E-state index in [2.05, 4.69) is 10.2 Å². The van der Waals surface area contributed by atoms with Crippen LogP contribution in [0.4, 0.5) is 37.7 Å². The second-order valence-corrected chi connectivity index (χ2v) is 7.59. The average molecular weight is 490 g/mol. The van der Waals surface area contributed by atoms with Crippen molar-refractivity contribution in [3.63, 3.8) is 0 Å². The summed E-state index contributed by atoms with van der Waals surface area (Å²) in [6.45, 7) is 3.69. The Labute approximate surface area is 192 Å². The fourth-order valence-electron chi connectivity index (χ4n) is 3.54. The van der Waals surface area contributed by atoms with Gasteiger partial charge in [-0.25, -0.2) is 4.79 Å². The Kier molecular flexibility index (Phi) is 8.94. The number of carbonyl (C=O) groups excluding carboxylic acids is 1. The molecule has 0 bridgehead atoms. The van der Waals surface area contributed by atoms with Crippen LogP contribution >= 0.6 is 0 Å². The third kappa shape index (κ3) is 7.39. The monoisotopic (exact) mass is 490 g/mol. The number of rotatable bonds is 5. The first kappa shape index (κ1) is 27.0. The maximum atomic E-state index is 13.0. The quantitative estimate of drug-likeness (QED) is 0.499. The normalized spacial score (nSPS) is 14.7. The van der Waals surface area contributed by atoms with Crippen molar-refractivity contribution in [2.45, 2.75) is 44.5 Å². The Bertz CT molecular complexity index is 985. The summed E-state index contributed by atoms with van der Waals surface area (Å²) in [5, 5.41) is 10.1. The van der Waals surface area contributed by atoms with Crippen LogP contribution in [0, 0.1) is 0 Å². The lowest BCUT2D eigenvalue weighted by atomic mass is 9.94. The molecule has 1 unspecified atom stereocenters. The van der Waals surface area contributed by atoms with Crippen LogP contribution in [0.2, 0.25) is 0 Å². The van der Waals surface area contributed by atoms with Crippen molar-refractivity contribution in [1.29, 1.82) is 0 Å². The van der Waals surface area contributed by atoms with Gasteiger partial charge in [0.25, 0.3) is 0 Å². The molecular weight excluding hydrogens is 466 g/mol. The first-order valence-electron chi connectivity index (χ1n) is 10.5. The van der Waals surface area contributed by atoms with Gasteiger partial charge in [0.05, 0.1) is 22.9 Å². The fraction of sp³-hybridized carbons (Fsp3) is 0.391. The Morgan fingerprint density at radius 3 is 2.12 bits per heavy atom. The van der Waals surface area contributed by atoms with Gasteiger partial charge in [-0.1, -0.05) is 37.3 Å². The molecule has 1 saturated heterocycles. The standard InChI is InChI=1S/C21H23F3N2O.C2HF3O2/c1-2-17(15-8-7-9-16(14-15)21(22,23)24)20(27)25-18-10-3-4-11-19(18)26-12-5-6-13-26;3-2(4,5)1(6)7/h3-4,7-11,14,17H,2,5-6,12-13H2,1H3,(H,25,27);(H,6,7). The summed E-state index contributed by atoms with van der Waals surface area (Å²) in [5.41, 5.74) is 1.31. The summed E-state index contributed by atoms with van der Waals surface area (Å²) in [6, 6.07) is 12.6. The number of anilines is 2. The van der Waals surface area contributed by atoms with Crippen molar-refractivity contribution in [2.24, 2.45) is 0 Å². The average Bonchev–Trinajstić information content (AvgIpc) is 3.29. The van der Waals surface area contributed by atoms with Crippen LogP contribution in [0.1, 0.15) is 43.2 Å². The van der Waals surface area contributed by atoms with E-state index < -0.39 is 29.8 Å². The van der Waals surface area contributed by atoms with Crippen molar-refractivity contribution >= 4 is 23.3 Å². The van der Waals surface area contributed by atoms with Gasteiger partial charge in [-0.05, 0) is 43.0 Å². The van der Waals surface area contributed by atoms with Crippen molar-refractivity contribution in [3.8, 4) is 0 Å². The van der Waals surface area contributed by atoms with Gasteiger partial charge in [0.15, 0.2) is 0 Å². The molecular formula is C23H24F6N2O3. The van der Waals surface area contributed by atoms with Gasteiger partial charge in [0, 0.05) is 13.1 Å². The summed E-state index contributed by atoms with van der Waals surface area (Å²) in [5.74, 6) is -3.69. The third-order valence-electron chi connectivity index (χ3n) is 5.19. The number of alkyl halides is 6. The zero-order valence-electron chi connectivity index (χ0n) is 18.2. The molecule has 1 aliphatic rings. The maximum Gasteiger partial charge on any atom is 0.490 e. The van der Waals surface area contributed by atoms with E-state index in [1.807, 2.05) is 24.3 Å². The highest BCUT2D eigenvalue weighted by atomic mass is 19.4. The van der Waals surface area contributed by atoms with E-state index in [4.69, 9.17) is 9.90 Å². The van der Waals surface area contributed by atoms with Crippen LogP contribution in [0.15, 0.2) is 48.5 Å². The smallest absolute Gasteiger partial charge is 0.475 e. The molecule has 2 aromatic carbocycles. The first-order valence-corrected chi connectivity index (χ1v) is 10.5. The van der Waals surface area contributed by atoms with Gasteiger partial charge in [-0.15, -0.1) is 0 Å². The molecule has 3 rings (SSSR count). The number of nitrogens with zero attached hydrogens (tertiary/aromatic N) is 1. The molecule has 2 aromatic rings. The second-order valence-electron chi connectivity index (χ2n) is 7.59. The molecule has 1 fully saturated rings. The minimum atomic E-state index is -5.08. The van der Waals surface area contributed by atoms with Gasteiger partial charge in [0.2, 0.25) is 5.91 Å². The molecule has 2 N–H and O–H groups in total. The van der Waals surface area contributed by atoms with E-state index in [1.165, 1.54) is 6.07 Å². The molecule has 1 amide bonds. The third-order valence-corrected chi connectivity index (χ3v) is 5.19. The van der Waals surface area contributed by atoms with E-state index in [-0.39, 0.29) is 5.91 Å². The predicted octanol–water partition coefficient (Wildman–Crippen LogP) is 6.07. The number of nitrogens with one attached hydrogen (secondary N) is 1. The predicted molar refractivity (Wildman–Crippen MR) is 115 cm³/mol. The lowest BCUT2D eigenvalue weighted by Gasteiger charge is -2.23. The SMILES string of the molecule is CCC(C(=O)Nc1ccccc1N1CCCC1)c1cccc(C(F)(F)F)c1.O=C(O)C(F)(F)F. The number of carboxylic acids is 1. The Hall–Kier alpha value is -3.24. The minimum absolute atomic E-state index is 0.288. The molecule has 0 radical (unpaired) electrons. The number of halogens is 6. The largest absolute Gasteiger partial charge is 0.490 e. The molecule has 0 aliphatic carbocycles. The number of hydrogen-bond acceptors (Lipinski definition) is 3. The first-order chi connectivity index (χ1) is 15.8. The Balaban J connectivity index is 0.000000509. The number of amides is 1. The molecule has 0 spiro atoms. The van der Waals surface area contributed by atoms with Gasteiger partial charge in [0.1, 0.15) is 0 Å². The number of benzene rings is 2. The number of carboxylic acid groups (broad SMARTS) is 1. The highest BCUT2D eigenvalue weighted by molar-refractivity contribution is 5.98. The van der Waals surface area contributed by atoms with Crippen LogP contribution in [0.25, 0.3) is 0 Å². The molecule has 0 saturated carbocycles. The van der Waals surface area contributed by atoms with Crippen molar-refractivity contribution in [3.05, 3.63) is 59.7 Å². The molecule has 0 aromatic heterocycles. The lowest BCUT2D eigenvalue weighted by Crippen LogP contribution is -2.24. The number of hydrogen-bond donors (Lipinski definition) is 2. The van der Waals surface area contributed by atoms with E-state index >= 15 is 0 Å². The summed E-state index contributed by atoms with van der Waals surface area (Å²) >= 11 is 0. The molecule has 11 heteroatoms. The van der Waals surface area contributed by atoms with Crippen LogP contribution in [-0.2, 0) is 15.8 Å². The van der Waals surface area contributed by atoms with Gasteiger partial charge in [-0.2, -0.15) is 26.3 Å². The number of para-hydroxylation sites is 2. The Morgan fingerprint density at radius 1 is 1.00 bits per heavy atom. The van der Waals surface area contributed by atoms with Crippen LogP contribution in [0.3, 0.4) is 0 Å². The van der Waals surface area contributed by atoms with E-state index in [9.17, 15) is 31.1 Å². The molecule has 186 valence electrons. The van der Waals surface area contributed by atoms with Crippen molar-refractivity contribution < 1.29 is 41.0 Å². The van der Waals surface area contributed by atoms with E-state index in [1.54, 1.807) is 13.0 Å². The fourth-order valence-corrected chi connectivity index (χ4v) is 3.54. The topological polar surface area (TPSA) is 69.6 Å². The van der Waals surface area contributed by atoms with Crippen molar-refractivity contribution in [2.75, 3.05) is 23.3 Å². The molecule has 1 heterocycles. The highest BCUT2D eigenvalue weighted by Crippen LogP contribution is 2.33. The van der Waals surface area contributed by atoms with Crippen LogP contribution in [0.5, 0.6) is 0 Å². The zero-order chi connectivity index (χ0) is 25.5. The number of aliphatic carboxylic acids is 1. The number of carbonyl (C=O) groups is 2. The zero-order valence-corrected chi connectivity index (χ0v) is 18.2. The lowest BCUT2D eigenvalue weighted by molar-refractivity contribution is -0.192. The highest BCUT2D eigenvalue weighted by Gasteiger charge is 2.38. The van der Waals surface area contributed by atoms with E-state index in [0.29, 0.717) is 17.7 Å². The second kappa shape index (κ2) is 11.3. The summed E-state index contributed by atoms with van der Waals surface area (Å²) in [6.07, 6.45) is -6.86. The summed E-state index contributed by atoms with van der Waals surface area (Å²) in [4.78, 5) is 24.0. The summed E-state index contributed by atoms with van der Waals surface area (Å²) in [7, 11) is 0. The van der Waals surface area contributed by atoms with Gasteiger partial charge < -0.3 is 15.3 Å². The molecule has 1 atom stereocenters. The van der Waals surface area contributed by atoms with Crippen molar-refractivity contribution in [1.82, 2.24) is 0 Å². The molecule has 34 heavy (non-hydrogen) atoms.